The van der Waals surface area contributed by atoms with Gasteiger partial charge in [-0.2, -0.15) is 4.80 Å². The summed E-state index contributed by atoms with van der Waals surface area (Å²) in [6.45, 7) is 1.11. The summed E-state index contributed by atoms with van der Waals surface area (Å²) in [6.07, 6.45) is 3.94. The number of unbranched alkanes of at least 4 members (excludes halogenated alkanes) is 1. The molecule has 4 aromatic rings. The number of carboxylic acid groups (broad SMARTS) is 1. The zero-order valence-corrected chi connectivity index (χ0v) is 19.3. The Morgan fingerprint density at radius 2 is 1.78 bits per heavy atom. The number of aliphatic carboxylic acids is 1. The second-order valence-electron chi connectivity index (χ2n) is 7.51. The van der Waals surface area contributed by atoms with Gasteiger partial charge in [0.15, 0.2) is 5.82 Å². The maximum atomic E-state index is 10.6. The lowest BCUT2D eigenvalue weighted by atomic mass is 10.1. The number of carbonyl (C=O) groups is 1. The van der Waals surface area contributed by atoms with Crippen LogP contribution in [0.2, 0.25) is 15.1 Å². The monoisotopic (exact) mass is 491 g/mol. The van der Waals surface area contributed by atoms with Crippen LogP contribution in [-0.2, 0) is 24.3 Å². The van der Waals surface area contributed by atoms with Crippen molar-refractivity contribution < 1.29 is 9.90 Å². The van der Waals surface area contributed by atoms with Crippen LogP contribution >= 0.6 is 34.8 Å². The molecule has 166 valence electrons. The highest BCUT2D eigenvalue weighted by atomic mass is 35.5. The van der Waals surface area contributed by atoms with Crippen molar-refractivity contribution in [1.82, 2.24) is 24.8 Å². The number of fused-ring (bicyclic) bond motifs is 1. The Morgan fingerprint density at radius 3 is 2.56 bits per heavy atom. The highest BCUT2D eigenvalue weighted by Crippen LogP contribution is 2.29. The van der Waals surface area contributed by atoms with Crippen LogP contribution in [0, 0.1) is 0 Å². The Kier molecular flexibility index (Phi) is 6.98. The largest absolute Gasteiger partial charge is 0.481 e. The molecule has 0 amide bonds. The van der Waals surface area contributed by atoms with Gasteiger partial charge >= 0.3 is 5.97 Å². The Morgan fingerprint density at radius 1 is 1.00 bits per heavy atom. The van der Waals surface area contributed by atoms with E-state index in [4.69, 9.17) is 39.9 Å². The summed E-state index contributed by atoms with van der Waals surface area (Å²) >= 11 is 18.7. The zero-order chi connectivity index (χ0) is 22.7. The average molecular weight is 493 g/mol. The van der Waals surface area contributed by atoms with Gasteiger partial charge in [0.2, 0.25) is 0 Å². The number of benzene rings is 2. The summed E-state index contributed by atoms with van der Waals surface area (Å²) in [4.78, 5) is 12.1. The van der Waals surface area contributed by atoms with Crippen molar-refractivity contribution in [3.8, 4) is 0 Å². The van der Waals surface area contributed by atoms with Crippen molar-refractivity contribution in [3.05, 3.63) is 74.6 Å². The van der Waals surface area contributed by atoms with Crippen LogP contribution in [0.15, 0.2) is 42.6 Å². The Balaban J connectivity index is 1.55. The number of hydrogen-bond acceptors (Lipinski definition) is 4. The van der Waals surface area contributed by atoms with Crippen molar-refractivity contribution in [2.45, 2.75) is 38.8 Å². The van der Waals surface area contributed by atoms with Gasteiger partial charge in [0.1, 0.15) is 0 Å². The number of tetrazole rings is 1. The van der Waals surface area contributed by atoms with Crippen molar-refractivity contribution in [2.75, 3.05) is 0 Å². The fraction of sp³-hybridized carbons (Fsp3) is 0.273. The highest BCUT2D eigenvalue weighted by molar-refractivity contribution is 6.35. The van der Waals surface area contributed by atoms with E-state index in [1.807, 2.05) is 30.3 Å². The molecule has 0 unspecified atom stereocenters. The smallest absolute Gasteiger partial charge is 0.303 e. The minimum Gasteiger partial charge on any atom is -0.481 e. The molecule has 0 spiro atoms. The lowest BCUT2D eigenvalue weighted by Crippen LogP contribution is -2.04. The van der Waals surface area contributed by atoms with Crippen molar-refractivity contribution in [2.24, 2.45) is 0 Å². The number of aryl methyl sites for hydroxylation is 1. The number of hydrogen-bond donors (Lipinski definition) is 1. The first-order valence-corrected chi connectivity index (χ1v) is 11.2. The standard InChI is InChI=1S/C22H20Cl3N5O2/c23-16-6-7-20-18(10-16)15(13-29(20)12-14-4-5-17(24)11-19(14)25)9-21-26-28-30(27-21)8-2-1-3-22(31)32/h4-7,10-11,13H,1-3,8-9,12H2,(H,31,32). The predicted octanol–water partition coefficient (Wildman–Crippen LogP) is 5.48. The molecular weight excluding hydrogens is 473 g/mol. The molecule has 2 aromatic carbocycles. The molecular formula is C22H20Cl3N5O2. The molecule has 4 rings (SSSR count). The number of aromatic nitrogens is 5. The fourth-order valence-corrected chi connectivity index (χ4v) is 4.23. The van der Waals surface area contributed by atoms with E-state index in [1.54, 1.807) is 6.07 Å². The first-order valence-electron chi connectivity index (χ1n) is 10.1. The molecule has 0 saturated heterocycles. The van der Waals surface area contributed by atoms with Crippen molar-refractivity contribution >= 4 is 51.7 Å². The number of rotatable bonds is 9. The SMILES string of the molecule is O=C(O)CCCCn1nnc(Cc2cn(Cc3ccc(Cl)cc3Cl)c3ccc(Cl)cc23)n1. The molecule has 0 bridgehead atoms. The Bertz CT molecular complexity index is 1270. The summed E-state index contributed by atoms with van der Waals surface area (Å²) in [5, 5.41) is 24.3. The summed E-state index contributed by atoms with van der Waals surface area (Å²) in [5.41, 5.74) is 3.01. The number of nitrogens with zero attached hydrogens (tertiary/aromatic N) is 5. The third kappa shape index (κ3) is 5.41. The highest BCUT2D eigenvalue weighted by Gasteiger charge is 2.14. The van der Waals surface area contributed by atoms with E-state index in [1.165, 1.54) is 4.80 Å². The second-order valence-corrected chi connectivity index (χ2v) is 8.79. The number of carboxylic acids is 1. The zero-order valence-electron chi connectivity index (χ0n) is 17.0. The predicted molar refractivity (Wildman–Crippen MR) is 125 cm³/mol. The number of halogens is 3. The molecule has 1 N–H and O–H groups in total. The van der Waals surface area contributed by atoms with Gasteiger partial charge in [-0.3, -0.25) is 4.79 Å². The fourth-order valence-electron chi connectivity index (χ4n) is 3.59. The van der Waals surface area contributed by atoms with Crippen LogP contribution in [0.3, 0.4) is 0 Å². The summed E-state index contributed by atoms with van der Waals surface area (Å²) in [5.74, 6) is -0.209. The van der Waals surface area contributed by atoms with Crippen LogP contribution in [0.25, 0.3) is 10.9 Å². The lowest BCUT2D eigenvalue weighted by Gasteiger charge is -2.08. The second kappa shape index (κ2) is 9.90. The summed E-state index contributed by atoms with van der Waals surface area (Å²) in [7, 11) is 0. The topological polar surface area (TPSA) is 85.8 Å². The third-order valence-corrected chi connectivity index (χ3v) is 5.95. The molecule has 0 radical (unpaired) electrons. The first kappa shape index (κ1) is 22.6. The molecule has 0 aliphatic carbocycles. The van der Waals surface area contributed by atoms with Gasteiger partial charge in [-0.25, -0.2) is 0 Å². The van der Waals surface area contributed by atoms with E-state index < -0.39 is 5.97 Å². The maximum Gasteiger partial charge on any atom is 0.303 e. The van der Waals surface area contributed by atoms with E-state index in [0.29, 0.717) is 53.2 Å². The minimum atomic E-state index is -0.799. The lowest BCUT2D eigenvalue weighted by molar-refractivity contribution is -0.137. The van der Waals surface area contributed by atoms with Gasteiger partial charge in [0.05, 0.1) is 6.54 Å². The van der Waals surface area contributed by atoms with Gasteiger partial charge in [-0.1, -0.05) is 40.9 Å². The van der Waals surface area contributed by atoms with Gasteiger partial charge < -0.3 is 9.67 Å². The van der Waals surface area contributed by atoms with E-state index >= 15 is 0 Å². The molecule has 32 heavy (non-hydrogen) atoms. The molecule has 7 nitrogen and oxygen atoms in total. The summed E-state index contributed by atoms with van der Waals surface area (Å²) < 4.78 is 2.12. The van der Waals surface area contributed by atoms with Gasteiger partial charge in [-0.15, -0.1) is 10.2 Å². The van der Waals surface area contributed by atoms with E-state index in [9.17, 15) is 4.79 Å². The first-order chi connectivity index (χ1) is 15.4. The van der Waals surface area contributed by atoms with Gasteiger partial charge in [0, 0.05) is 51.6 Å². The van der Waals surface area contributed by atoms with Gasteiger partial charge in [0.25, 0.3) is 0 Å². The molecule has 10 heteroatoms. The van der Waals surface area contributed by atoms with E-state index in [-0.39, 0.29) is 6.42 Å². The van der Waals surface area contributed by atoms with Crippen LogP contribution in [-0.4, -0.2) is 35.9 Å². The Labute approximate surface area is 199 Å². The molecule has 2 aromatic heterocycles. The molecule has 0 saturated carbocycles. The van der Waals surface area contributed by atoms with E-state index in [0.717, 1.165) is 22.0 Å². The third-order valence-electron chi connectivity index (χ3n) is 5.12. The van der Waals surface area contributed by atoms with Crippen LogP contribution < -0.4 is 0 Å². The molecule has 0 aliphatic rings. The molecule has 0 fully saturated rings. The van der Waals surface area contributed by atoms with E-state index in [2.05, 4.69) is 26.2 Å². The van der Waals surface area contributed by atoms with Crippen molar-refractivity contribution in [1.29, 1.82) is 0 Å². The minimum absolute atomic E-state index is 0.138. The van der Waals surface area contributed by atoms with Gasteiger partial charge in [-0.05, 0) is 59.5 Å². The Hall–Kier alpha value is -2.61. The molecule has 2 heterocycles. The summed E-state index contributed by atoms with van der Waals surface area (Å²) in [6, 6.07) is 11.3. The van der Waals surface area contributed by atoms with Crippen LogP contribution in [0.5, 0.6) is 0 Å². The molecule has 0 aliphatic heterocycles. The van der Waals surface area contributed by atoms with Crippen molar-refractivity contribution in [3.63, 3.8) is 0 Å². The molecule has 0 atom stereocenters. The van der Waals surface area contributed by atoms with Crippen LogP contribution in [0.4, 0.5) is 0 Å². The normalized spacial score (nSPS) is 11.3. The van der Waals surface area contributed by atoms with Crippen LogP contribution in [0.1, 0.15) is 36.2 Å². The quantitative estimate of drug-likeness (QED) is 0.313. The maximum absolute atomic E-state index is 10.6. The average Bonchev–Trinajstić information content (AvgIpc) is 3.32.